The molecule has 0 N–H and O–H groups in total. The molecular weight excluding hydrogens is 350 g/mol. The number of thiophene rings is 1. The van der Waals surface area contributed by atoms with Gasteiger partial charge in [0.05, 0.1) is 0 Å². The fraction of sp³-hybridized carbons (Fsp3) is 0.444. The highest BCUT2D eigenvalue weighted by molar-refractivity contribution is 7.08. The van der Waals surface area contributed by atoms with Gasteiger partial charge in [-0.3, -0.25) is 9.48 Å². The Balaban J connectivity index is 1.38. The summed E-state index contributed by atoms with van der Waals surface area (Å²) in [5.74, 6) is 1.74. The van der Waals surface area contributed by atoms with Crippen molar-refractivity contribution < 1.29 is 9.32 Å². The molecule has 0 aliphatic carbocycles. The Morgan fingerprint density at radius 1 is 1.50 bits per heavy atom. The number of carbonyl (C=O) groups is 1. The predicted molar refractivity (Wildman–Crippen MR) is 97.6 cm³/mol. The summed E-state index contributed by atoms with van der Waals surface area (Å²) in [4.78, 5) is 19.2. The van der Waals surface area contributed by atoms with Crippen molar-refractivity contribution in [1.29, 1.82) is 0 Å². The first-order chi connectivity index (χ1) is 12.7. The molecule has 0 radical (unpaired) electrons. The smallest absolute Gasteiger partial charge is 0.247 e. The molecule has 26 heavy (non-hydrogen) atoms. The van der Waals surface area contributed by atoms with Crippen LogP contribution in [0.4, 0.5) is 0 Å². The van der Waals surface area contributed by atoms with Crippen LogP contribution in [0.2, 0.25) is 0 Å². The zero-order valence-electron chi connectivity index (χ0n) is 14.6. The Kier molecular flexibility index (Phi) is 4.83. The lowest BCUT2D eigenvalue weighted by atomic mass is 9.94. The van der Waals surface area contributed by atoms with Gasteiger partial charge in [0.2, 0.25) is 17.6 Å². The fourth-order valence-electron chi connectivity index (χ4n) is 3.41. The number of rotatable bonds is 5. The van der Waals surface area contributed by atoms with E-state index in [4.69, 9.17) is 4.52 Å². The Hall–Kier alpha value is -2.48. The molecule has 1 aliphatic rings. The van der Waals surface area contributed by atoms with Crippen LogP contribution in [0.5, 0.6) is 0 Å². The van der Waals surface area contributed by atoms with Crippen LogP contribution in [-0.2, 0) is 11.2 Å². The van der Waals surface area contributed by atoms with Crippen LogP contribution in [0, 0.1) is 5.92 Å². The molecule has 1 aliphatic heterocycles. The number of piperidine rings is 1. The van der Waals surface area contributed by atoms with Crippen LogP contribution < -0.4 is 0 Å². The first-order valence-corrected chi connectivity index (χ1v) is 9.78. The van der Waals surface area contributed by atoms with Gasteiger partial charge in [-0.1, -0.05) is 5.16 Å². The van der Waals surface area contributed by atoms with Crippen LogP contribution in [0.25, 0.3) is 11.4 Å². The summed E-state index contributed by atoms with van der Waals surface area (Å²) >= 11 is 1.61. The SMILES string of the molecule is CC(C(=O)N1CCCC(Cc2nc(-c3ccsc3)no2)C1)n1cccn1. The molecule has 1 amide bonds. The largest absolute Gasteiger partial charge is 0.341 e. The average molecular weight is 371 g/mol. The molecule has 1 saturated heterocycles. The molecule has 2 atom stereocenters. The van der Waals surface area contributed by atoms with Crippen molar-refractivity contribution in [2.75, 3.05) is 13.1 Å². The number of hydrogen-bond acceptors (Lipinski definition) is 6. The Morgan fingerprint density at radius 3 is 3.19 bits per heavy atom. The van der Waals surface area contributed by atoms with E-state index in [1.165, 1.54) is 0 Å². The van der Waals surface area contributed by atoms with Crippen LogP contribution in [0.3, 0.4) is 0 Å². The van der Waals surface area contributed by atoms with E-state index in [0.717, 1.165) is 31.5 Å². The van der Waals surface area contributed by atoms with E-state index >= 15 is 0 Å². The van der Waals surface area contributed by atoms with E-state index in [-0.39, 0.29) is 11.9 Å². The first kappa shape index (κ1) is 17.0. The standard InChI is InChI=1S/C18H21N5O2S/c1-13(23-8-3-6-19-23)18(24)22-7-2-4-14(11-22)10-16-20-17(21-25-16)15-5-9-26-12-15/h3,5-6,8-9,12-14H,2,4,7,10-11H2,1H3. The Bertz CT molecular complexity index is 843. The zero-order chi connectivity index (χ0) is 17.9. The minimum Gasteiger partial charge on any atom is -0.341 e. The summed E-state index contributed by atoms with van der Waals surface area (Å²) in [5, 5.41) is 12.3. The summed E-state index contributed by atoms with van der Waals surface area (Å²) in [5.41, 5.74) is 0.985. The number of amides is 1. The third-order valence-electron chi connectivity index (χ3n) is 4.82. The molecule has 2 unspecified atom stereocenters. The topological polar surface area (TPSA) is 77.0 Å². The minimum atomic E-state index is -0.280. The number of hydrogen-bond donors (Lipinski definition) is 0. The van der Waals surface area contributed by atoms with Crippen LogP contribution >= 0.6 is 11.3 Å². The quantitative estimate of drug-likeness (QED) is 0.689. The Morgan fingerprint density at radius 2 is 2.42 bits per heavy atom. The van der Waals surface area contributed by atoms with E-state index in [1.807, 2.05) is 40.9 Å². The van der Waals surface area contributed by atoms with Gasteiger partial charge in [0.15, 0.2) is 0 Å². The molecule has 4 rings (SSSR count). The third kappa shape index (κ3) is 3.55. The predicted octanol–water partition coefficient (Wildman–Crippen LogP) is 3.04. The summed E-state index contributed by atoms with van der Waals surface area (Å²) in [7, 11) is 0. The van der Waals surface area contributed by atoms with Gasteiger partial charge in [0.25, 0.3) is 0 Å². The van der Waals surface area contributed by atoms with Gasteiger partial charge in [0.1, 0.15) is 6.04 Å². The molecule has 0 saturated carbocycles. The minimum absolute atomic E-state index is 0.114. The van der Waals surface area contributed by atoms with Gasteiger partial charge in [-0.2, -0.15) is 21.4 Å². The number of aromatic nitrogens is 4. The van der Waals surface area contributed by atoms with Crippen molar-refractivity contribution in [3.8, 4) is 11.4 Å². The summed E-state index contributed by atoms with van der Waals surface area (Å²) in [6, 6.07) is 3.54. The number of nitrogens with zero attached hydrogens (tertiary/aromatic N) is 5. The lowest BCUT2D eigenvalue weighted by Crippen LogP contribution is -2.43. The fourth-order valence-corrected chi connectivity index (χ4v) is 4.05. The van der Waals surface area contributed by atoms with Crippen molar-refractivity contribution in [1.82, 2.24) is 24.8 Å². The Labute approximate surface area is 155 Å². The molecule has 1 fully saturated rings. The van der Waals surface area contributed by atoms with Crippen molar-refractivity contribution in [2.24, 2.45) is 5.92 Å². The van der Waals surface area contributed by atoms with E-state index in [2.05, 4.69) is 15.2 Å². The molecule has 0 spiro atoms. The van der Waals surface area contributed by atoms with E-state index in [9.17, 15) is 4.79 Å². The second-order valence-corrected chi connectivity index (χ2v) is 7.46. The van der Waals surface area contributed by atoms with E-state index in [1.54, 1.807) is 22.2 Å². The number of likely N-dealkylation sites (tertiary alicyclic amines) is 1. The van der Waals surface area contributed by atoms with E-state index < -0.39 is 0 Å². The second-order valence-electron chi connectivity index (χ2n) is 6.68. The van der Waals surface area contributed by atoms with Gasteiger partial charge in [-0.15, -0.1) is 0 Å². The zero-order valence-corrected chi connectivity index (χ0v) is 15.4. The van der Waals surface area contributed by atoms with Crippen LogP contribution in [0.15, 0.2) is 39.8 Å². The van der Waals surface area contributed by atoms with Crippen molar-refractivity contribution in [3.63, 3.8) is 0 Å². The normalized spacial score (nSPS) is 18.8. The monoisotopic (exact) mass is 371 g/mol. The van der Waals surface area contributed by atoms with Crippen molar-refractivity contribution >= 4 is 17.2 Å². The lowest BCUT2D eigenvalue weighted by Gasteiger charge is -2.33. The average Bonchev–Trinajstić information content (AvgIpc) is 3.42. The molecule has 4 heterocycles. The molecule has 0 bridgehead atoms. The van der Waals surface area contributed by atoms with Crippen LogP contribution in [-0.4, -0.2) is 43.8 Å². The third-order valence-corrected chi connectivity index (χ3v) is 5.50. The second kappa shape index (κ2) is 7.41. The molecule has 8 heteroatoms. The highest BCUT2D eigenvalue weighted by Crippen LogP contribution is 2.24. The highest BCUT2D eigenvalue weighted by Gasteiger charge is 2.28. The van der Waals surface area contributed by atoms with Crippen molar-refractivity contribution in [3.05, 3.63) is 41.2 Å². The van der Waals surface area contributed by atoms with E-state index in [0.29, 0.717) is 24.1 Å². The molecule has 0 aromatic carbocycles. The first-order valence-electron chi connectivity index (χ1n) is 8.84. The maximum absolute atomic E-state index is 12.8. The van der Waals surface area contributed by atoms with Crippen molar-refractivity contribution in [2.45, 2.75) is 32.2 Å². The summed E-state index contributed by atoms with van der Waals surface area (Å²) < 4.78 is 7.12. The number of carbonyl (C=O) groups excluding carboxylic acids is 1. The maximum Gasteiger partial charge on any atom is 0.247 e. The van der Waals surface area contributed by atoms with Gasteiger partial charge in [0, 0.05) is 42.8 Å². The molecule has 7 nitrogen and oxygen atoms in total. The molecule has 3 aromatic heterocycles. The molecular formula is C18H21N5O2S. The molecule has 3 aromatic rings. The van der Waals surface area contributed by atoms with Gasteiger partial charge >= 0.3 is 0 Å². The highest BCUT2D eigenvalue weighted by atomic mass is 32.1. The summed E-state index contributed by atoms with van der Waals surface area (Å²) in [6.45, 7) is 3.41. The van der Waals surface area contributed by atoms with Gasteiger partial charge < -0.3 is 9.42 Å². The van der Waals surface area contributed by atoms with Gasteiger partial charge in [-0.05, 0) is 43.2 Å². The lowest BCUT2D eigenvalue weighted by molar-refractivity contribution is -0.136. The van der Waals surface area contributed by atoms with Gasteiger partial charge in [-0.25, -0.2) is 0 Å². The summed E-state index contributed by atoms with van der Waals surface area (Å²) in [6.07, 6.45) is 6.29. The maximum atomic E-state index is 12.8. The van der Waals surface area contributed by atoms with Crippen LogP contribution in [0.1, 0.15) is 31.7 Å². The molecule has 136 valence electrons.